The predicted octanol–water partition coefficient (Wildman–Crippen LogP) is 1.24. The van der Waals surface area contributed by atoms with E-state index in [0.29, 0.717) is 12.2 Å². The van der Waals surface area contributed by atoms with Crippen molar-refractivity contribution in [2.24, 2.45) is 0 Å². The van der Waals surface area contributed by atoms with Crippen molar-refractivity contribution in [2.75, 3.05) is 13.2 Å². The van der Waals surface area contributed by atoms with E-state index in [1.807, 2.05) is 0 Å². The number of aliphatic carboxylic acids is 1. The summed E-state index contributed by atoms with van der Waals surface area (Å²) in [5.74, 6) is -1.05. The highest BCUT2D eigenvalue weighted by Gasteiger charge is 2.19. The molecular formula is C14H17NO5S. The first-order valence-electron chi connectivity index (χ1n) is 6.60. The molecule has 0 amide bonds. The first-order chi connectivity index (χ1) is 9.97. The summed E-state index contributed by atoms with van der Waals surface area (Å²) in [6.45, 7) is 0.944. The molecule has 1 aromatic rings. The van der Waals surface area contributed by atoms with Gasteiger partial charge in [0.2, 0.25) is 10.0 Å². The van der Waals surface area contributed by atoms with E-state index in [2.05, 4.69) is 4.72 Å². The number of carbonyl (C=O) groups is 1. The predicted molar refractivity (Wildman–Crippen MR) is 77.3 cm³/mol. The summed E-state index contributed by atoms with van der Waals surface area (Å²) in [5.41, 5.74) is 0.621. The Hall–Kier alpha value is -1.70. The molecule has 1 saturated heterocycles. The van der Waals surface area contributed by atoms with Gasteiger partial charge in [-0.3, -0.25) is 0 Å². The molecule has 1 atom stereocenters. The highest BCUT2D eigenvalue weighted by molar-refractivity contribution is 7.89. The molecular weight excluding hydrogens is 294 g/mol. The molecule has 1 aliphatic rings. The zero-order chi connectivity index (χ0) is 15.3. The SMILES string of the molecule is O=C(O)/C=C\c1ccc(S(=O)(=O)NC[C@@H]2CCCO2)cc1. The van der Waals surface area contributed by atoms with E-state index in [9.17, 15) is 13.2 Å². The van der Waals surface area contributed by atoms with E-state index in [-0.39, 0.29) is 17.5 Å². The average molecular weight is 311 g/mol. The fourth-order valence-electron chi connectivity index (χ4n) is 2.02. The van der Waals surface area contributed by atoms with Crippen LogP contribution in [-0.2, 0) is 19.6 Å². The minimum atomic E-state index is -3.57. The highest BCUT2D eigenvalue weighted by atomic mass is 32.2. The maximum atomic E-state index is 12.1. The number of ether oxygens (including phenoxy) is 1. The molecule has 114 valence electrons. The Bertz CT molecular complexity index is 615. The number of sulfonamides is 1. The molecule has 0 bridgehead atoms. The van der Waals surface area contributed by atoms with Crippen molar-refractivity contribution in [3.05, 3.63) is 35.9 Å². The van der Waals surface area contributed by atoms with Crippen molar-refractivity contribution < 1.29 is 23.1 Å². The maximum absolute atomic E-state index is 12.1. The maximum Gasteiger partial charge on any atom is 0.328 e. The van der Waals surface area contributed by atoms with Gasteiger partial charge in [-0.1, -0.05) is 12.1 Å². The van der Waals surface area contributed by atoms with Crippen molar-refractivity contribution >= 4 is 22.1 Å². The second-order valence-electron chi connectivity index (χ2n) is 4.73. The van der Waals surface area contributed by atoms with Crippen LogP contribution in [0.3, 0.4) is 0 Å². The largest absolute Gasteiger partial charge is 0.478 e. The Morgan fingerprint density at radius 1 is 1.38 bits per heavy atom. The van der Waals surface area contributed by atoms with Gasteiger partial charge in [-0.25, -0.2) is 17.9 Å². The van der Waals surface area contributed by atoms with Gasteiger partial charge in [-0.15, -0.1) is 0 Å². The van der Waals surface area contributed by atoms with Crippen LogP contribution in [-0.4, -0.2) is 38.7 Å². The fourth-order valence-corrected chi connectivity index (χ4v) is 3.08. The van der Waals surface area contributed by atoms with Gasteiger partial charge in [0.1, 0.15) is 0 Å². The third kappa shape index (κ3) is 4.66. The Kier molecular flexibility index (Phi) is 5.11. The molecule has 1 fully saturated rings. The van der Waals surface area contributed by atoms with Crippen LogP contribution < -0.4 is 4.72 Å². The Morgan fingerprint density at radius 3 is 2.67 bits per heavy atom. The fraction of sp³-hybridized carbons (Fsp3) is 0.357. The molecule has 21 heavy (non-hydrogen) atoms. The molecule has 1 heterocycles. The van der Waals surface area contributed by atoms with Crippen LogP contribution in [0.1, 0.15) is 18.4 Å². The standard InChI is InChI=1S/C14H17NO5S/c16-14(17)8-5-11-3-6-13(7-4-11)21(18,19)15-10-12-2-1-9-20-12/h3-8,12,15H,1-2,9-10H2,(H,16,17)/b8-5-/t12-/m0/s1. The lowest BCUT2D eigenvalue weighted by atomic mass is 10.2. The Balaban J connectivity index is 2.00. The molecule has 1 aromatic carbocycles. The number of carboxylic acids is 1. The zero-order valence-electron chi connectivity index (χ0n) is 11.4. The van der Waals surface area contributed by atoms with Gasteiger partial charge >= 0.3 is 5.97 Å². The smallest absolute Gasteiger partial charge is 0.328 e. The van der Waals surface area contributed by atoms with E-state index in [1.54, 1.807) is 12.1 Å². The number of hydrogen-bond acceptors (Lipinski definition) is 4. The van der Waals surface area contributed by atoms with E-state index in [0.717, 1.165) is 18.9 Å². The van der Waals surface area contributed by atoms with Crippen molar-refractivity contribution in [1.82, 2.24) is 4.72 Å². The van der Waals surface area contributed by atoms with Gasteiger partial charge in [0.05, 0.1) is 11.0 Å². The minimum Gasteiger partial charge on any atom is -0.478 e. The number of rotatable bonds is 6. The topological polar surface area (TPSA) is 92.7 Å². The lowest BCUT2D eigenvalue weighted by molar-refractivity contribution is -0.131. The van der Waals surface area contributed by atoms with Gasteiger partial charge in [-0.2, -0.15) is 0 Å². The summed E-state index contributed by atoms with van der Waals surface area (Å²) < 4.78 is 32.1. The van der Waals surface area contributed by atoms with Crippen molar-refractivity contribution in [1.29, 1.82) is 0 Å². The summed E-state index contributed by atoms with van der Waals surface area (Å²) in [5, 5.41) is 8.53. The van der Waals surface area contributed by atoms with Crippen LogP contribution in [0.4, 0.5) is 0 Å². The normalized spacial score (nSPS) is 19.1. The molecule has 0 radical (unpaired) electrons. The summed E-state index contributed by atoms with van der Waals surface area (Å²) in [7, 11) is -3.57. The molecule has 1 aliphatic heterocycles. The van der Waals surface area contributed by atoms with Crippen LogP contribution in [0.2, 0.25) is 0 Å². The van der Waals surface area contributed by atoms with Crippen LogP contribution in [0, 0.1) is 0 Å². The van der Waals surface area contributed by atoms with Crippen LogP contribution >= 0.6 is 0 Å². The van der Waals surface area contributed by atoms with Gasteiger partial charge in [0.25, 0.3) is 0 Å². The van der Waals surface area contributed by atoms with Crippen molar-refractivity contribution in [3.63, 3.8) is 0 Å². The molecule has 7 heteroatoms. The third-order valence-electron chi connectivity index (χ3n) is 3.13. The second-order valence-corrected chi connectivity index (χ2v) is 6.49. The average Bonchev–Trinajstić information content (AvgIpc) is 2.97. The molecule has 0 aliphatic carbocycles. The minimum absolute atomic E-state index is 0.0578. The first-order valence-corrected chi connectivity index (χ1v) is 8.08. The van der Waals surface area contributed by atoms with Gasteiger partial charge < -0.3 is 9.84 Å². The third-order valence-corrected chi connectivity index (χ3v) is 4.57. The number of hydrogen-bond donors (Lipinski definition) is 2. The molecule has 0 saturated carbocycles. The monoisotopic (exact) mass is 311 g/mol. The molecule has 0 aromatic heterocycles. The lowest BCUT2D eigenvalue weighted by Crippen LogP contribution is -2.31. The number of benzene rings is 1. The van der Waals surface area contributed by atoms with E-state index >= 15 is 0 Å². The zero-order valence-corrected chi connectivity index (χ0v) is 12.2. The van der Waals surface area contributed by atoms with Crippen LogP contribution in [0.15, 0.2) is 35.2 Å². The highest BCUT2D eigenvalue weighted by Crippen LogP contribution is 2.14. The van der Waals surface area contributed by atoms with Gasteiger partial charge in [0.15, 0.2) is 0 Å². The van der Waals surface area contributed by atoms with Gasteiger partial charge in [-0.05, 0) is 36.6 Å². The summed E-state index contributed by atoms with van der Waals surface area (Å²) in [6, 6.07) is 6.00. The molecule has 2 rings (SSSR count). The molecule has 0 unspecified atom stereocenters. The molecule has 2 N–H and O–H groups in total. The van der Waals surface area contributed by atoms with E-state index < -0.39 is 16.0 Å². The lowest BCUT2D eigenvalue weighted by Gasteiger charge is -2.11. The summed E-state index contributed by atoms with van der Waals surface area (Å²) >= 11 is 0. The number of carboxylic acid groups (broad SMARTS) is 1. The van der Waals surface area contributed by atoms with Gasteiger partial charge in [0, 0.05) is 19.2 Å². The molecule has 0 spiro atoms. The molecule has 6 nitrogen and oxygen atoms in total. The van der Waals surface area contributed by atoms with Crippen molar-refractivity contribution in [3.8, 4) is 0 Å². The van der Waals surface area contributed by atoms with Crippen LogP contribution in [0.25, 0.3) is 6.08 Å². The number of nitrogens with one attached hydrogen (secondary N) is 1. The summed E-state index contributed by atoms with van der Waals surface area (Å²) in [4.78, 5) is 10.6. The quantitative estimate of drug-likeness (QED) is 0.771. The Morgan fingerprint density at radius 2 is 2.10 bits per heavy atom. The van der Waals surface area contributed by atoms with Crippen LogP contribution in [0.5, 0.6) is 0 Å². The van der Waals surface area contributed by atoms with E-state index in [4.69, 9.17) is 9.84 Å². The van der Waals surface area contributed by atoms with Crippen molar-refractivity contribution in [2.45, 2.75) is 23.8 Å². The first kappa shape index (κ1) is 15.7. The second kappa shape index (κ2) is 6.84. The van der Waals surface area contributed by atoms with E-state index in [1.165, 1.54) is 18.2 Å². The summed E-state index contributed by atoms with van der Waals surface area (Å²) in [6.07, 6.45) is 4.16. The Labute approximate surface area is 123 Å².